The van der Waals surface area contributed by atoms with Crippen LogP contribution in [0.1, 0.15) is 50.0 Å². The van der Waals surface area contributed by atoms with E-state index in [-0.39, 0.29) is 18.2 Å². The molecule has 4 nitrogen and oxygen atoms in total. The first-order valence-corrected chi connectivity index (χ1v) is 14.2. The zero-order chi connectivity index (χ0) is 23.5. The van der Waals surface area contributed by atoms with E-state index in [9.17, 15) is 4.39 Å². The predicted molar refractivity (Wildman–Crippen MR) is 137 cm³/mol. The van der Waals surface area contributed by atoms with Crippen molar-refractivity contribution in [3.8, 4) is 5.75 Å². The maximum absolute atomic E-state index is 14.1. The van der Waals surface area contributed by atoms with Crippen molar-refractivity contribution < 1.29 is 9.13 Å². The third-order valence-electron chi connectivity index (χ3n) is 7.35. The van der Waals surface area contributed by atoms with Crippen LogP contribution >= 0.6 is 23.5 Å². The second-order valence-corrected chi connectivity index (χ2v) is 11.8. The van der Waals surface area contributed by atoms with E-state index in [4.69, 9.17) is 4.74 Å². The Labute approximate surface area is 210 Å². The number of benzene rings is 2. The van der Waals surface area contributed by atoms with Gasteiger partial charge < -0.3 is 4.74 Å². The number of fused-ring (bicyclic) bond motifs is 2. The van der Waals surface area contributed by atoms with E-state index in [1.54, 1.807) is 30.0 Å². The lowest BCUT2D eigenvalue weighted by atomic mass is 9.84. The molecule has 0 unspecified atom stereocenters. The first-order valence-electron chi connectivity index (χ1n) is 12.2. The molecular weight excluding hydrogens is 465 g/mol. The molecule has 2 saturated carbocycles. The summed E-state index contributed by atoms with van der Waals surface area (Å²) < 4.78 is 22.2. The molecule has 0 aliphatic heterocycles. The molecule has 0 radical (unpaired) electrons. The van der Waals surface area contributed by atoms with Crippen LogP contribution in [0.3, 0.4) is 0 Å². The Bertz CT molecular complexity index is 1100. The summed E-state index contributed by atoms with van der Waals surface area (Å²) in [5.41, 5.74) is 1.28. The lowest BCUT2D eigenvalue weighted by Gasteiger charge is -2.30. The first kappa shape index (κ1) is 23.7. The van der Waals surface area contributed by atoms with E-state index in [2.05, 4.69) is 52.9 Å². The molecule has 0 N–H and O–H groups in total. The molecule has 2 aromatic carbocycles. The van der Waals surface area contributed by atoms with Crippen LogP contribution in [0.5, 0.6) is 5.75 Å². The average molecular weight is 498 g/mol. The highest BCUT2D eigenvalue weighted by atomic mass is 32.2. The number of halogens is 1. The van der Waals surface area contributed by atoms with Crippen LogP contribution in [-0.4, -0.2) is 26.3 Å². The fraction of sp³-hybridized carbons (Fsp3) is 0.481. The lowest BCUT2D eigenvalue weighted by molar-refractivity contribution is 0.215. The van der Waals surface area contributed by atoms with Crippen LogP contribution in [0.4, 0.5) is 4.39 Å². The van der Waals surface area contributed by atoms with E-state index in [0.29, 0.717) is 12.0 Å². The highest BCUT2D eigenvalue weighted by molar-refractivity contribution is 8.02. The quantitative estimate of drug-likeness (QED) is 0.219. The fourth-order valence-electron chi connectivity index (χ4n) is 5.62. The molecule has 2 aliphatic carbocycles. The first-order chi connectivity index (χ1) is 16.6. The minimum Gasteiger partial charge on any atom is -0.483 e. The number of rotatable bonds is 10. The number of nitrogens with zero attached hydrogens (tertiary/aromatic N) is 3. The van der Waals surface area contributed by atoms with Gasteiger partial charge in [-0.1, -0.05) is 48.0 Å². The van der Waals surface area contributed by atoms with Gasteiger partial charge in [0.05, 0.1) is 0 Å². The number of ether oxygens (including phenoxy) is 1. The molecule has 3 aromatic rings. The van der Waals surface area contributed by atoms with Crippen LogP contribution in [-0.2, 0) is 6.61 Å². The van der Waals surface area contributed by atoms with Crippen molar-refractivity contribution in [2.45, 2.75) is 62.2 Å². The van der Waals surface area contributed by atoms with Crippen molar-refractivity contribution in [1.29, 1.82) is 0 Å². The summed E-state index contributed by atoms with van der Waals surface area (Å²) in [5, 5.41) is 10.0. The Hall–Kier alpha value is -1.99. The van der Waals surface area contributed by atoms with Crippen molar-refractivity contribution in [2.24, 2.45) is 17.8 Å². The molecule has 1 aromatic heterocycles. The predicted octanol–water partition coefficient (Wildman–Crippen LogP) is 7.19. The lowest BCUT2D eigenvalue weighted by Crippen LogP contribution is -2.24. The molecule has 34 heavy (non-hydrogen) atoms. The second-order valence-electron chi connectivity index (χ2n) is 9.58. The van der Waals surface area contributed by atoms with Gasteiger partial charge in [-0.2, -0.15) is 0 Å². The SMILES string of the molecule is Cc1ccc(SCCSc2nnc(COc3ccccc3F)n2[C@H](C)[C@@H]2C[C@H]3CC[C@H]2C3)cc1. The summed E-state index contributed by atoms with van der Waals surface area (Å²) in [4.78, 5) is 1.29. The zero-order valence-corrected chi connectivity index (χ0v) is 21.5. The summed E-state index contributed by atoms with van der Waals surface area (Å²) in [6.07, 6.45) is 5.40. The second kappa shape index (κ2) is 10.7. The molecule has 0 amide bonds. The normalized spacial score (nSPS) is 22.3. The third kappa shape index (κ3) is 5.30. The van der Waals surface area contributed by atoms with E-state index in [1.165, 1.54) is 42.2 Å². The summed E-state index contributed by atoms with van der Waals surface area (Å²) in [5.74, 6) is 4.99. The number of aryl methyl sites for hydroxylation is 1. The average Bonchev–Trinajstić information content (AvgIpc) is 3.58. The van der Waals surface area contributed by atoms with Crippen LogP contribution in [0.2, 0.25) is 0 Å². The van der Waals surface area contributed by atoms with Gasteiger partial charge in [0.25, 0.3) is 0 Å². The Morgan fingerprint density at radius 2 is 1.82 bits per heavy atom. The number of hydrogen-bond donors (Lipinski definition) is 0. The summed E-state index contributed by atoms with van der Waals surface area (Å²) >= 11 is 3.63. The van der Waals surface area contributed by atoms with E-state index in [1.807, 2.05) is 11.8 Å². The molecule has 0 spiro atoms. The maximum Gasteiger partial charge on any atom is 0.191 e. The highest BCUT2D eigenvalue weighted by Gasteiger charge is 2.43. The number of aromatic nitrogens is 3. The largest absolute Gasteiger partial charge is 0.483 e. The summed E-state index contributed by atoms with van der Waals surface area (Å²) in [6, 6.07) is 15.5. The molecule has 1 heterocycles. The van der Waals surface area contributed by atoms with E-state index >= 15 is 0 Å². The summed E-state index contributed by atoms with van der Waals surface area (Å²) in [6.45, 7) is 4.64. The van der Waals surface area contributed by atoms with Crippen LogP contribution in [0, 0.1) is 30.5 Å². The van der Waals surface area contributed by atoms with Crippen molar-refractivity contribution in [2.75, 3.05) is 11.5 Å². The van der Waals surface area contributed by atoms with Crippen LogP contribution in [0.25, 0.3) is 0 Å². The van der Waals surface area contributed by atoms with Crippen LogP contribution in [0.15, 0.2) is 58.6 Å². The van der Waals surface area contributed by atoms with Gasteiger partial charge in [-0.3, -0.25) is 4.57 Å². The number of para-hydroxylation sites is 1. The Morgan fingerprint density at radius 3 is 2.56 bits per heavy atom. The molecule has 5 rings (SSSR count). The van der Waals surface area contributed by atoms with Gasteiger partial charge >= 0.3 is 0 Å². The van der Waals surface area contributed by atoms with Gasteiger partial charge in [-0.05, 0) is 75.1 Å². The van der Waals surface area contributed by atoms with Gasteiger partial charge in [0.15, 0.2) is 22.5 Å². The summed E-state index contributed by atoms with van der Waals surface area (Å²) in [7, 11) is 0. The molecular formula is C27H32FN3OS2. The number of hydrogen-bond acceptors (Lipinski definition) is 5. The van der Waals surface area contributed by atoms with Gasteiger partial charge in [-0.25, -0.2) is 4.39 Å². The Kier molecular flexibility index (Phi) is 7.49. The Balaban J connectivity index is 1.28. The molecule has 2 aliphatic rings. The van der Waals surface area contributed by atoms with Gasteiger partial charge in [0, 0.05) is 22.4 Å². The standard InChI is InChI=1S/C27H32FN3OS2/c1-18-7-11-22(12-8-18)33-13-14-34-27-30-29-26(17-32-25-6-4-3-5-24(25)28)31(27)19(2)23-16-20-9-10-21(23)15-20/h3-8,11-12,19-21,23H,9-10,13-17H2,1-2H3/t19-,20+,21+,23+/m1/s1. The molecule has 2 fully saturated rings. The van der Waals surface area contributed by atoms with Crippen LogP contribution < -0.4 is 4.74 Å². The molecule has 180 valence electrons. The monoisotopic (exact) mass is 497 g/mol. The van der Waals surface area contributed by atoms with Crippen molar-refractivity contribution in [3.05, 3.63) is 65.7 Å². The molecule has 0 saturated heterocycles. The zero-order valence-electron chi connectivity index (χ0n) is 19.8. The molecule has 7 heteroatoms. The molecule has 4 atom stereocenters. The van der Waals surface area contributed by atoms with Gasteiger partial charge in [-0.15, -0.1) is 22.0 Å². The third-order valence-corrected chi connectivity index (χ3v) is 9.57. The van der Waals surface area contributed by atoms with Gasteiger partial charge in [0.2, 0.25) is 0 Å². The molecule has 2 bridgehead atoms. The minimum absolute atomic E-state index is 0.220. The van der Waals surface area contributed by atoms with Crippen molar-refractivity contribution in [1.82, 2.24) is 14.8 Å². The van der Waals surface area contributed by atoms with E-state index < -0.39 is 0 Å². The Morgan fingerprint density at radius 1 is 1.03 bits per heavy atom. The van der Waals surface area contributed by atoms with Crippen molar-refractivity contribution >= 4 is 23.5 Å². The topological polar surface area (TPSA) is 39.9 Å². The number of thioether (sulfide) groups is 2. The maximum atomic E-state index is 14.1. The van der Waals surface area contributed by atoms with Crippen molar-refractivity contribution in [3.63, 3.8) is 0 Å². The van der Waals surface area contributed by atoms with Gasteiger partial charge in [0.1, 0.15) is 6.61 Å². The van der Waals surface area contributed by atoms with E-state index in [0.717, 1.165) is 34.3 Å². The smallest absolute Gasteiger partial charge is 0.191 e. The highest BCUT2D eigenvalue weighted by Crippen LogP contribution is 2.52. The minimum atomic E-state index is -0.350. The fourth-order valence-corrected chi connectivity index (χ4v) is 7.54.